The molecule has 1 unspecified atom stereocenters. The summed E-state index contributed by atoms with van der Waals surface area (Å²) in [6.45, 7) is 3.13. The number of likely N-dealkylation sites (tertiary alicyclic amines) is 1. The van der Waals surface area contributed by atoms with Crippen molar-refractivity contribution >= 4 is 5.84 Å². The molecule has 3 aliphatic rings. The molecule has 3 fully saturated rings. The van der Waals surface area contributed by atoms with Crippen molar-refractivity contribution in [1.82, 2.24) is 4.90 Å². The molecule has 120 valence electrons. The van der Waals surface area contributed by atoms with E-state index in [2.05, 4.69) is 10.1 Å². The average molecular weight is 295 g/mol. The molecular weight excluding hydrogens is 266 g/mol. The van der Waals surface area contributed by atoms with E-state index in [1.54, 1.807) is 0 Å². The third kappa shape index (κ3) is 3.51. The molecule has 3 N–H and O–H groups in total. The van der Waals surface area contributed by atoms with Gasteiger partial charge in [0.05, 0.1) is 11.7 Å². The second-order valence-electron chi connectivity index (χ2n) is 7.12. The summed E-state index contributed by atoms with van der Waals surface area (Å²) in [7, 11) is 0. The van der Waals surface area contributed by atoms with Crippen LogP contribution in [0.5, 0.6) is 0 Å². The Kier molecular flexibility index (Phi) is 4.69. The molecule has 2 aliphatic heterocycles. The van der Waals surface area contributed by atoms with Gasteiger partial charge < -0.3 is 20.6 Å². The number of hydrogen-bond acceptors (Lipinski definition) is 4. The lowest BCUT2D eigenvalue weighted by Crippen LogP contribution is -2.42. The van der Waals surface area contributed by atoms with E-state index in [9.17, 15) is 0 Å². The molecule has 0 amide bonds. The van der Waals surface area contributed by atoms with Gasteiger partial charge in [-0.05, 0) is 51.6 Å². The van der Waals surface area contributed by atoms with Gasteiger partial charge in [-0.1, -0.05) is 24.4 Å². The smallest absolute Gasteiger partial charge is 0.142 e. The van der Waals surface area contributed by atoms with Crippen molar-refractivity contribution < 1.29 is 9.94 Å². The number of amidine groups is 1. The highest BCUT2D eigenvalue weighted by atomic mass is 16.5. The van der Waals surface area contributed by atoms with Gasteiger partial charge >= 0.3 is 0 Å². The molecule has 1 saturated carbocycles. The van der Waals surface area contributed by atoms with E-state index in [1.165, 1.54) is 44.9 Å². The van der Waals surface area contributed by atoms with Gasteiger partial charge in [0.25, 0.3) is 0 Å². The molecule has 21 heavy (non-hydrogen) atoms. The summed E-state index contributed by atoms with van der Waals surface area (Å²) in [6.07, 6.45) is 11.5. The molecule has 0 radical (unpaired) electrons. The van der Waals surface area contributed by atoms with Crippen molar-refractivity contribution in [3.05, 3.63) is 0 Å². The van der Waals surface area contributed by atoms with Crippen LogP contribution >= 0.6 is 0 Å². The van der Waals surface area contributed by atoms with Gasteiger partial charge in [-0.3, -0.25) is 0 Å². The Bertz CT molecular complexity index is 372. The van der Waals surface area contributed by atoms with Crippen LogP contribution in [0.15, 0.2) is 5.16 Å². The van der Waals surface area contributed by atoms with E-state index in [0.29, 0.717) is 11.9 Å². The highest BCUT2D eigenvalue weighted by Crippen LogP contribution is 2.42. The minimum atomic E-state index is 0.231. The fraction of sp³-hybridized carbons (Fsp3) is 0.938. The topological polar surface area (TPSA) is 71.1 Å². The number of piperidine rings is 1. The number of ether oxygens (including phenoxy) is 1. The first kappa shape index (κ1) is 15.1. The number of rotatable bonds is 3. The lowest BCUT2D eigenvalue weighted by atomic mass is 9.83. The lowest BCUT2D eigenvalue weighted by Gasteiger charge is -2.36. The molecule has 0 aromatic heterocycles. The first-order valence-corrected chi connectivity index (χ1v) is 8.58. The first-order valence-electron chi connectivity index (χ1n) is 8.58. The number of nitrogens with two attached hydrogens (primary N) is 1. The molecule has 5 nitrogen and oxygen atoms in total. The summed E-state index contributed by atoms with van der Waals surface area (Å²) in [6, 6.07) is 0. The van der Waals surface area contributed by atoms with E-state index in [4.69, 9.17) is 15.7 Å². The Balaban J connectivity index is 1.44. The van der Waals surface area contributed by atoms with Crippen molar-refractivity contribution in [2.24, 2.45) is 16.8 Å². The van der Waals surface area contributed by atoms with Gasteiger partial charge in [0.15, 0.2) is 0 Å². The molecule has 1 spiro atoms. The molecule has 3 rings (SSSR count). The second kappa shape index (κ2) is 6.53. The fourth-order valence-electron chi connectivity index (χ4n) is 4.37. The molecule has 1 aliphatic carbocycles. The molecule has 0 aromatic carbocycles. The quantitative estimate of drug-likeness (QED) is 0.363. The molecular formula is C16H29N3O2. The van der Waals surface area contributed by atoms with Crippen molar-refractivity contribution in [2.75, 3.05) is 19.6 Å². The van der Waals surface area contributed by atoms with Crippen LogP contribution < -0.4 is 5.73 Å². The maximum atomic E-state index is 8.75. The summed E-state index contributed by atoms with van der Waals surface area (Å²) in [5.41, 5.74) is 5.94. The predicted octanol–water partition coefficient (Wildman–Crippen LogP) is 2.33. The zero-order chi connectivity index (χ0) is 14.7. The maximum absolute atomic E-state index is 8.75. The SMILES string of the molecule is NC(=NO)C1CCN(CC2CCC3(CCCCC3)O2)CC1. The van der Waals surface area contributed by atoms with Crippen LogP contribution in [0.25, 0.3) is 0 Å². The van der Waals surface area contributed by atoms with Crippen LogP contribution in [0.2, 0.25) is 0 Å². The number of oxime groups is 1. The van der Waals surface area contributed by atoms with Crippen LogP contribution in [0.3, 0.4) is 0 Å². The van der Waals surface area contributed by atoms with Crippen molar-refractivity contribution in [1.29, 1.82) is 0 Å². The predicted molar refractivity (Wildman–Crippen MR) is 82.5 cm³/mol. The monoisotopic (exact) mass is 295 g/mol. The molecule has 1 atom stereocenters. The van der Waals surface area contributed by atoms with E-state index in [0.717, 1.165) is 32.5 Å². The standard InChI is InChI=1S/C16H29N3O2/c17-15(18-20)13-5-10-19(11-6-13)12-14-4-9-16(21-14)7-2-1-3-8-16/h13-14,20H,1-12H2,(H2,17,18). The highest BCUT2D eigenvalue weighted by Gasteiger charge is 2.41. The van der Waals surface area contributed by atoms with Gasteiger partial charge in [0.2, 0.25) is 0 Å². The van der Waals surface area contributed by atoms with Gasteiger partial charge in [-0.2, -0.15) is 0 Å². The van der Waals surface area contributed by atoms with E-state index < -0.39 is 0 Å². The van der Waals surface area contributed by atoms with Gasteiger partial charge in [0, 0.05) is 12.5 Å². The van der Waals surface area contributed by atoms with E-state index in [1.807, 2.05) is 0 Å². The highest BCUT2D eigenvalue weighted by molar-refractivity contribution is 5.82. The van der Waals surface area contributed by atoms with E-state index in [-0.39, 0.29) is 11.5 Å². The number of hydrogen-bond donors (Lipinski definition) is 2. The van der Waals surface area contributed by atoms with Crippen molar-refractivity contribution in [3.8, 4) is 0 Å². The van der Waals surface area contributed by atoms with Gasteiger partial charge in [-0.25, -0.2) is 0 Å². The molecule has 2 saturated heterocycles. The van der Waals surface area contributed by atoms with Crippen molar-refractivity contribution in [3.63, 3.8) is 0 Å². The van der Waals surface area contributed by atoms with Crippen LogP contribution in [0.4, 0.5) is 0 Å². The maximum Gasteiger partial charge on any atom is 0.142 e. The minimum Gasteiger partial charge on any atom is -0.409 e. The minimum absolute atomic E-state index is 0.231. The summed E-state index contributed by atoms with van der Waals surface area (Å²) < 4.78 is 6.46. The second-order valence-corrected chi connectivity index (χ2v) is 7.12. The molecule has 5 heteroatoms. The largest absolute Gasteiger partial charge is 0.409 e. The summed E-state index contributed by atoms with van der Waals surface area (Å²) in [4.78, 5) is 2.49. The molecule has 0 bridgehead atoms. The van der Waals surface area contributed by atoms with E-state index >= 15 is 0 Å². The van der Waals surface area contributed by atoms with Crippen LogP contribution in [0, 0.1) is 5.92 Å². The fourth-order valence-corrected chi connectivity index (χ4v) is 4.37. The molecule has 2 heterocycles. The zero-order valence-corrected chi connectivity index (χ0v) is 13.0. The third-order valence-corrected chi connectivity index (χ3v) is 5.69. The lowest BCUT2D eigenvalue weighted by molar-refractivity contribution is -0.0731. The van der Waals surface area contributed by atoms with Crippen molar-refractivity contribution in [2.45, 2.75) is 69.5 Å². The summed E-state index contributed by atoms with van der Waals surface area (Å²) in [5, 5.41) is 11.9. The van der Waals surface area contributed by atoms with Gasteiger partial charge in [-0.15, -0.1) is 0 Å². The normalized spacial score (nSPS) is 31.8. The Morgan fingerprint density at radius 2 is 1.86 bits per heavy atom. The first-order chi connectivity index (χ1) is 10.2. The Hall–Kier alpha value is -0.810. The Labute approximate surface area is 127 Å². The van der Waals surface area contributed by atoms with Crippen LogP contribution in [-0.2, 0) is 4.74 Å². The summed E-state index contributed by atoms with van der Waals surface area (Å²) in [5.74, 6) is 0.647. The zero-order valence-electron chi connectivity index (χ0n) is 13.0. The Morgan fingerprint density at radius 3 is 2.52 bits per heavy atom. The average Bonchev–Trinajstić information content (AvgIpc) is 2.90. The van der Waals surface area contributed by atoms with Crippen LogP contribution in [-0.4, -0.2) is 47.3 Å². The molecule has 0 aromatic rings. The summed E-state index contributed by atoms with van der Waals surface area (Å²) >= 11 is 0. The third-order valence-electron chi connectivity index (χ3n) is 5.69. The van der Waals surface area contributed by atoms with Crippen LogP contribution in [0.1, 0.15) is 57.8 Å². The Morgan fingerprint density at radius 1 is 1.14 bits per heavy atom. The van der Waals surface area contributed by atoms with Gasteiger partial charge in [0.1, 0.15) is 5.84 Å². The number of nitrogens with zero attached hydrogens (tertiary/aromatic N) is 2.